The number of ether oxygens (including phenoxy) is 8. The molecule has 30 nitrogen and oxygen atoms in total. The summed E-state index contributed by atoms with van der Waals surface area (Å²) in [6, 6.07) is 57.2. The Morgan fingerprint density at radius 1 is 0.351 bits per heavy atom. The van der Waals surface area contributed by atoms with Crippen LogP contribution in [0.2, 0.25) is 0 Å². The Balaban J connectivity index is 0.000000132. The fourth-order valence-corrected chi connectivity index (χ4v) is 19.2. The molecule has 4 saturated heterocycles. The second kappa shape index (κ2) is 47.5. The van der Waals surface area contributed by atoms with E-state index in [0.29, 0.717) is 143 Å². The quantitative estimate of drug-likeness (QED) is 0.0187. The summed E-state index contributed by atoms with van der Waals surface area (Å²) < 4.78 is 45.1. The van der Waals surface area contributed by atoms with Crippen molar-refractivity contribution >= 4 is 41.6 Å². The summed E-state index contributed by atoms with van der Waals surface area (Å²) >= 11 is 0. The number of aliphatic hydroxyl groups is 6. The largest absolute Gasteiger partial charge is 0.486 e. The first kappa shape index (κ1) is 96.9. The van der Waals surface area contributed by atoms with E-state index in [0.717, 1.165) is 120 Å². The summed E-state index contributed by atoms with van der Waals surface area (Å²) in [5, 5.41) is 90.0. The smallest absolute Gasteiger partial charge is 0.335 e. The average molecular weight is 1840 g/mol. The molecule has 19 rings (SSSR count). The third kappa shape index (κ3) is 26.7. The van der Waals surface area contributed by atoms with Crippen molar-refractivity contribution in [2.24, 2.45) is 17.8 Å². The van der Waals surface area contributed by atoms with E-state index in [2.05, 4.69) is 89.4 Å². The number of nitrogens with one attached hydrogen (secondary N) is 4. The van der Waals surface area contributed by atoms with E-state index in [-0.39, 0.29) is 59.5 Å². The van der Waals surface area contributed by atoms with Gasteiger partial charge in [-0.15, -0.1) is 0 Å². The van der Waals surface area contributed by atoms with Crippen LogP contribution in [0.3, 0.4) is 0 Å². The number of hydrogen-bond acceptors (Lipinski definition) is 24. The lowest BCUT2D eigenvalue weighted by molar-refractivity contribution is -0.165. The second-order valence-electron chi connectivity index (χ2n) is 36.2. The van der Waals surface area contributed by atoms with Crippen LogP contribution >= 0.6 is 0 Å². The minimum atomic E-state index is -2.27. The zero-order valence-electron chi connectivity index (χ0n) is 75.7. The highest BCUT2D eigenvalue weighted by Crippen LogP contribution is 2.48. The minimum Gasteiger partial charge on any atom is -0.486 e. The van der Waals surface area contributed by atoms with Gasteiger partial charge in [-0.05, 0) is 258 Å². The van der Waals surface area contributed by atoms with Gasteiger partial charge in [0.05, 0.1) is 24.2 Å². The number of nitrogens with zero attached hydrogens (tertiary/aromatic N) is 4. The van der Waals surface area contributed by atoms with Crippen LogP contribution in [-0.4, -0.2) is 264 Å². The monoisotopic (exact) mass is 1840 g/mol. The molecule has 8 aromatic carbocycles. The number of carbonyl (C=O) groups excluding carboxylic acids is 4. The van der Waals surface area contributed by atoms with Gasteiger partial charge in [0.15, 0.2) is 58.2 Å². The first-order valence-corrected chi connectivity index (χ1v) is 47.3. The van der Waals surface area contributed by atoms with E-state index in [1.54, 1.807) is 6.08 Å². The van der Waals surface area contributed by atoms with Gasteiger partial charge in [0.2, 0.25) is 23.6 Å². The number of amides is 4. The number of aliphatic carboxylic acids is 2. The van der Waals surface area contributed by atoms with Crippen LogP contribution in [0.1, 0.15) is 150 Å². The second-order valence-corrected chi connectivity index (χ2v) is 36.2. The topological polar surface area (TPSA) is 399 Å². The Hall–Kier alpha value is -11.7. The molecular formula is C104H126N8O22. The summed E-state index contributed by atoms with van der Waals surface area (Å²) in [4.78, 5) is 80.7. The molecule has 0 aromatic heterocycles. The number of likely N-dealkylation sites (tertiary alicyclic amines) is 4. The van der Waals surface area contributed by atoms with Crippen molar-refractivity contribution in [3.8, 4) is 46.0 Å². The Kier molecular flexibility index (Phi) is 34.3. The van der Waals surface area contributed by atoms with E-state index in [1.165, 1.54) is 72.4 Å². The first-order chi connectivity index (χ1) is 65.2. The molecule has 11 aliphatic rings. The number of rotatable bonds is 30. The van der Waals surface area contributed by atoms with Crippen molar-refractivity contribution in [3.05, 3.63) is 244 Å². The Bertz CT molecular complexity index is 5190. The van der Waals surface area contributed by atoms with Crippen molar-refractivity contribution in [2.75, 3.05) is 131 Å². The highest BCUT2D eigenvalue weighted by atomic mass is 16.6. The first-order valence-electron chi connectivity index (χ1n) is 47.3. The van der Waals surface area contributed by atoms with Gasteiger partial charge >= 0.3 is 11.9 Å². The van der Waals surface area contributed by atoms with Crippen LogP contribution in [0, 0.1) is 17.8 Å². The van der Waals surface area contributed by atoms with Gasteiger partial charge in [0, 0.05) is 50.5 Å². The molecule has 1 saturated carbocycles. The van der Waals surface area contributed by atoms with E-state index in [9.17, 15) is 49.2 Å². The lowest BCUT2D eigenvalue weighted by atomic mass is 9.98. The van der Waals surface area contributed by atoms with E-state index in [4.69, 9.17) is 58.3 Å². The highest BCUT2D eigenvalue weighted by Gasteiger charge is 2.46. The molecule has 4 amide bonds. The lowest BCUT2D eigenvalue weighted by Gasteiger charge is -2.30. The maximum Gasteiger partial charge on any atom is 0.335 e. The van der Waals surface area contributed by atoms with Gasteiger partial charge in [-0.25, -0.2) is 9.59 Å². The van der Waals surface area contributed by atoms with Crippen molar-refractivity contribution in [2.45, 2.75) is 157 Å². The van der Waals surface area contributed by atoms with Crippen LogP contribution in [-0.2, 0) is 54.5 Å². The predicted molar refractivity (Wildman–Crippen MR) is 499 cm³/mol. The number of carbonyl (C=O) groups is 6. The molecule has 8 aromatic rings. The molecule has 8 heterocycles. The number of hydrogen-bond donors (Lipinski definition) is 12. The third-order valence-electron chi connectivity index (χ3n) is 26.5. The fraction of sp³-hybridized carbons (Fsp3) is 0.462. The van der Waals surface area contributed by atoms with Gasteiger partial charge in [0.1, 0.15) is 77.3 Å². The molecule has 3 aliphatic carbocycles. The van der Waals surface area contributed by atoms with Crippen LogP contribution in [0.4, 0.5) is 0 Å². The molecule has 5 fully saturated rings. The summed E-state index contributed by atoms with van der Waals surface area (Å²) in [7, 11) is 0. The molecule has 30 heteroatoms. The SMILES string of the molecule is O=C(/C=C/c1ccccc1)N[C@H](CN1CCCC1)[C@H](O)c1ccc2c(c1)OCCO2.O=C(CC1Cc2ccccc2C1)N[C@H](CN1CCCC1)[C@H](O)c1ccc2c(c1)OCCO2.O=C(N[C@H](CN1CCCC1)[C@H](O)c1ccc2c(c1)OCCO2)C1CC1c1ccccc1.O=C(N[C@H](CN1CCCC1)[C@H](O)c1ccc2c(c1)OCCO2)C1Cc2ccccc2C1.O=C(O)[C@H](O)[C@@H](O)C(=O)O. The Morgan fingerprint density at radius 2 is 0.657 bits per heavy atom. The Morgan fingerprint density at radius 3 is 1.01 bits per heavy atom. The van der Waals surface area contributed by atoms with Crippen molar-refractivity contribution < 1.29 is 108 Å². The molecule has 134 heavy (non-hydrogen) atoms. The summed E-state index contributed by atoms with van der Waals surface area (Å²) in [5.41, 5.74) is 10.3. The van der Waals surface area contributed by atoms with Gasteiger partial charge < -0.3 is 120 Å². The van der Waals surface area contributed by atoms with E-state index >= 15 is 0 Å². The maximum absolute atomic E-state index is 13.2. The number of carboxylic acid groups (broad SMARTS) is 2. The highest BCUT2D eigenvalue weighted by molar-refractivity contribution is 5.92. The Labute approximate surface area is 781 Å². The molecule has 0 spiro atoms. The lowest BCUT2D eigenvalue weighted by Crippen LogP contribution is -2.48. The summed E-state index contributed by atoms with van der Waals surface area (Å²) in [6.45, 7) is 14.7. The van der Waals surface area contributed by atoms with Crippen LogP contribution in [0.15, 0.2) is 188 Å². The van der Waals surface area contributed by atoms with Gasteiger partial charge in [-0.3, -0.25) is 19.2 Å². The molecule has 2 unspecified atom stereocenters. The van der Waals surface area contributed by atoms with E-state index in [1.807, 2.05) is 133 Å². The van der Waals surface area contributed by atoms with E-state index < -0.39 is 54.6 Å². The normalized spacial score (nSPS) is 20.4. The van der Waals surface area contributed by atoms with Crippen molar-refractivity contribution in [1.29, 1.82) is 0 Å². The zero-order chi connectivity index (χ0) is 93.4. The number of aliphatic hydroxyl groups excluding tert-OH is 6. The predicted octanol–water partition coefficient (Wildman–Crippen LogP) is 8.90. The van der Waals surface area contributed by atoms with Crippen LogP contribution < -0.4 is 59.2 Å². The molecule has 12 atom stereocenters. The third-order valence-corrected chi connectivity index (χ3v) is 26.5. The van der Waals surface area contributed by atoms with Crippen LogP contribution in [0.5, 0.6) is 46.0 Å². The summed E-state index contributed by atoms with van der Waals surface area (Å²) in [6.07, 6.45) is 9.54. The number of fused-ring (bicyclic) bond motifs is 6. The molecule has 8 aliphatic heterocycles. The van der Waals surface area contributed by atoms with Gasteiger partial charge in [0.25, 0.3) is 0 Å². The average Bonchev–Trinajstić information content (AvgIpc) is 1.65. The number of benzene rings is 8. The molecule has 12 N–H and O–H groups in total. The van der Waals surface area contributed by atoms with Gasteiger partial charge in [-0.2, -0.15) is 0 Å². The standard InChI is InChI=1S/C26H32N2O4.2C25H30N2O4.C24H28N2O4.C4H6O6/c29-25(15-18-13-19-5-1-2-6-20(19)14-18)27-22(17-28-9-3-4-10-28)26(30)21-7-8-23-24(16-21)32-12-11-31-23;28-24(19-7-8-22-23(15-19)31-12-11-30-22)21(16-27-9-3-4-10-27)26-25(29)20-13-17-5-1-2-6-18(17)14-20;28-24(18-8-9-22-23(14-18)31-13-12-30-22)21(16-27-10-4-5-11-27)26-25(29)20-15-19(20)17-6-2-1-3-7-17;27-23(11-8-18-6-2-1-3-7-18)25-20(17-26-12-4-5-13-26)24(28)19-9-10-21-22(16-19)30-15-14-29-21;5-1(3(7)8)2(6)4(9)10/h1-2,5-8,16,18,22,26,30H,3-4,9-15,17H2,(H,27,29);1-2,5-8,15,20-21,24,28H,3-4,9-14,16H2,(H,26,29);1-3,6-9,14,19-21,24,28H,4-5,10-13,15-16H2,(H,26,29);1-3,6-11,16,20,24,28H,4-5,12-15,17H2,(H,25,27);1-2,5-6H,(H,7,8)(H,9,10)/b;;;11-8+;/t22-,26-;21-,24-;19?,20?,21-,24-;20-,24-;1-,2-/m11111/s1. The fourth-order valence-electron chi connectivity index (χ4n) is 19.2. The molecule has 714 valence electrons. The number of carboxylic acids is 2. The van der Waals surface area contributed by atoms with Gasteiger partial charge in [-0.1, -0.05) is 133 Å². The summed E-state index contributed by atoms with van der Waals surface area (Å²) in [5.74, 6) is 2.21. The molecule has 0 radical (unpaired) electrons. The van der Waals surface area contributed by atoms with Crippen molar-refractivity contribution in [1.82, 2.24) is 40.9 Å². The minimum absolute atomic E-state index is 0.0172. The zero-order valence-corrected chi connectivity index (χ0v) is 75.7. The molecular weight excluding hydrogens is 1710 g/mol. The van der Waals surface area contributed by atoms with Crippen molar-refractivity contribution in [3.63, 3.8) is 0 Å². The van der Waals surface area contributed by atoms with Crippen LogP contribution in [0.25, 0.3) is 6.08 Å². The maximum atomic E-state index is 13.2. The molecule has 0 bridgehead atoms.